The molecule has 0 aliphatic carbocycles. The maximum atomic E-state index is 12.0. The van der Waals surface area contributed by atoms with Crippen LogP contribution >= 0.6 is 0 Å². The summed E-state index contributed by atoms with van der Waals surface area (Å²) >= 11 is 0. The highest BCUT2D eigenvalue weighted by Crippen LogP contribution is 2.12. The van der Waals surface area contributed by atoms with Crippen molar-refractivity contribution in [3.8, 4) is 23.7 Å². The molecule has 4 N–H and O–H groups in total. The van der Waals surface area contributed by atoms with Gasteiger partial charge >= 0.3 is 17.9 Å². The zero-order valence-corrected chi connectivity index (χ0v) is 27.2. The van der Waals surface area contributed by atoms with Gasteiger partial charge in [0.1, 0.15) is 6.04 Å². The summed E-state index contributed by atoms with van der Waals surface area (Å²) in [4.78, 5) is 46.4. The van der Waals surface area contributed by atoms with Crippen molar-refractivity contribution in [2.45, 2.75) is 154 Å². The number of amides is 1. The molecule has 0 saturated carbocycles. The van der Waals surface area contributed by atoms with Crippen LogP contribution in [0.1, 0.15) is 148 Å². The van der Waals surface area contributed by atoms with Crippen molar-refractivity contribution < 1.29 is 34.5 Å². The number of nitrogens with zero attached hydrogens (tertiary/aromatic N) is 1. The van der Waals surface area contributed by atoms with E-state index in [1.807, 2.05) is 0 Å². The Bertz CT molecular complexity index is 898. The van der Waals surface area contributed by atoms with Crippen LogP contribution < -0.4 is 5.32 Å². The maximum Gasteiger partial charge on any atom is 0.320 e. The molecule has 0 aromatic rings. The van der Waals surface area contributed by atoms with Crippen molar-refractivity contribution in [1.29, 1.82) is 0 Å². The first-order valence-electron chi connectivity index (χ1n) is 16.9. The summed E-state index contributed by atoms with van der Waals surface area (Å²) in [5, 5.41) is 30.1. The second kappa shape index (κ2) is 30.0. The van der Waals surface area contributed by atoms with E-state index in [2.05, 4.69) is 35.9 Å². The van der Waals surface area contributed by atoms with Crippen LogP contribution in [0.15, 0.2) is 0 Å². The Morgan fingerprint density at radius 2 is 1.07 bits per heavy atom. The number of carboxylic acid groups (broad SMARTS) is 3. The number of hydrogen-bond acceptors (Lipinski definition) is 5. The Balaban J connectivity index is 3.70. The van der Waals surface area contributed by atoms with E-state index in [1.54, 1.807) is 0 Å². The highest BCUT2D eigenvalue weighted by molar-refractivity contribution is 5.78. The first kappa shape index (κ1) is 41.0. The Labute approximate surface area is 265 Å². The van der Waals surface area contributed by atoms with Gasteiger partial charge in [-0.25, -0.2) is 0 Å². The number of hydrogen-bond donors (Lipinski definition) is 4. The largest absolute Gasteiger partial charge is 0.480 e. The molecule has 0 saturated heterocycles. The summed E-state index contributed by atoms with van der Waals surface area (Å²) in [6.45, 7) is 1.33. The van der Waals surface area contributed by atoms with Crippen LogP contribution in [0.5, 0.6) is 0 Å². The first-order valence-corrected chi connectivity index (χ1v) is 16.9. The van der Waals surface area contributed by atoms with Gasteiger partial charge < -0.3 is 20.6 Å². The van der Waals surface area contributed by atoms with Crippen LogP contribution in [0.2, 0.25) is 0 Å². The highest BCUT2D eigenvalue weighted by atomic mass is 16.4. The lowest BCUT2D eigenvalue weighted by molar-refractivity contribution is -0.149. The monoisotopic (exact) mass is 618 g/mol. The molecule has 0 aliphatic rings. The Kier molecular flexibility index (Phi) is 27.9. The summed E-state index contributed by atoms with van der Waals surface area (Å²) in [5.41, 5.74) is 0. The third-order valence-corrected chi connectivity index (χ3v) is 7.48. The average Bonchev–Trinajstić information content (AvgIpc) is 2.96. The van der Waals surface area contributed by atoms with E-state index >= 15 is 0 Å². The summed E-state index contributed by atoms with van der Waals surface area (Å²) in [7, 11) is 0. The van der Waals surface area contributed by atoms with Gasteiger partial charge in [-0.15, -0.1) is 0 Å². The molecule has 0 rings (SSSR count). The normalized spacial score (nSPS) is 11.2. The number of unbranched alkanes of at least 4 members (excludes halogenated alkanes) is 17. The van der Waals surface area contributed by atoms with Gasteiger partial charge in [0.15, 0.2) is 0 Å². The molecule has 1 amide bonds. The second-order valence-corrected chi connectivity index (χ2v) is 11.5. The van der Waals surface area contributed by atoms with Crippen molar-refractivity contribution in [3.05, 3.63) is 0 Å². The van der Waals surface area contributed by atoms with Crippen molar-refractivity contribution in [2.75, 3.05) is 19.6 Å². The molecule has 44 heavy (non-hydrogen) atoms. The van der Waals surface area contributed by atoms with E-state index in [0.29, 0.717) is 25.8 Å². The summed E-state index contributed by atoms with van der Waals surface area (Å²) in [6, 6.07) is -1.21. The molecule has 0 spiro atoms. The predicted molar refractivity (Wildman–Crippen MR) is 174 cm³/mol. The van der Waals surface area contributed by atoms with Crippen LogP contribution in [0.4, 0.5) is 0 Å². The van der Waals surface area contributed by atoms with Gasteiger partial charge in [0.05, 0.1) is 13.1 Å². The standard InChI is InChI=1S/C35H58N2O7/c1-2-3-4-5-6-7-8-9-10-11-12-13-14-15-16-17-18-19-20-21-22-23-27-32(38)36-28-25-24-26-31(35(43)44)37(29-33(39)40)30-34(41)42/h31H,2-12,17-30H2,1H3,(H,36,38)(H,39,40)(H,41,42)(H,43,44)/t31-/m0/s1. The second-order valence-electron chi connectivity index (χ2n) is 11.5. The lowest BCUT2D eigenvalue weighted by Crippen LogP contribution is -2.46. The molecule has 0 unspecified atom stereocenters. The highest BCUT2D eigenvalue weighted by Gasteiger charge is 2.28. The molecular formula is C35H58N2O7. The van der Waals surface area contributed by atoms with Crippen molar-refractivity contribution in [3.63, 3.8) is 0 Å². The van der Waals surface area contributed by atoms with E-state index in [0.717, 1.165) is 56.3 Å². The van der Waals surface area contributed by atoms with E-state index < -0.39 is 37.0 Å². The van der Waals surface area contributed by atoms with Crippen molar-refractivity contribution >= 4 is 23.8 Å². The third kappa shape index (κ3) is 27.8. The molecule has 9 heteroatoms. The molecule has 0 aromatic heterocycles. The Hall–Kier alpha value is -3.04. The number of aliphatic carboxylic acids is 3. The van der Waals surface area contributed by atoms with Crippen molar-refractivity contribution in [2.24, 2.45) is 0 Å². The van der Waals surface area contributed by atoms with Gasteiger partial charge in [-0.05, 0) is 50.4 Å². The first-order chi connectivity index (χ1) is 21.3. The average molecular weight is 619 g/mol. The number of carboxylic acids is 3. The molecule has 0 aliphatic heterocycles. The van der Waals surface area contributed by atoms with Crippen LogP contribution in [-0.4, -0.2) is 69.7 Å². The van der Waals surface area contributed by atoms with E-state index in [1.165, 1.54) is 64.2 Å². The fourth-order valence-corrected chi connectivity index (χ4v) is 4.99. The van der Waals surface area contributed by atoms with Gasteiger partial charge in [-0.1, -0.05) is 102 Å². The number of carbonyl (C=O) groups excluding carboxylic acids is 1. The minimum Gasteiger partial charge on any atom is -0.480 e. The van der Waals surface area contributed by atoms with Crippen LogP contribution in [-0.2, 0) is 19.2 Å². The van der Waals surface area contributed by atoms with E-state index in [9.17, 15) is 24.3 Å². The van der Waals surface area contributed by atoms with E-state index in [-0.39, 0.29) is 12.3 Å². The van der Waals surface area contributed by atoms with Crippen LogP contribution in [0, 0.1) is 23.7 Å². The van der Waals surface area contributed by atoms with Gasteiger partial charge in [-0.2, -0.15) is 0 Å². The fourth-order valence-electron chi connectivity index (χ4n) is 4.99. The molecule has 0 fully saturated rings. The topological polar surface area (TPSA) is 144 Å². The minimum absolute atomic E-state index is 0.0392. The number of carbonyl (C=O) groups is 4. The predicted octanol–water partition coefficient (Wildman–Crippen LogP) is 6.64. The molecule has 0 radical (unpaired) electrons. The van der Waals surface area contributed by atoms with Crippen LogP contribution in [0.25, 0.3) is 0 Å². The van der Waals surface area contributed by atoms with Gasteiger partial charge in [0.25, 0.3) is 0 Å². The quantitative estimate of drug-likeness (QED) is 0.0540. The zero-order chi connectivity index (χ0) is 32.7. The Morgan fingerprint density at radius 1 is 0.614 bits per heavy atom. The van der Waals surface area contributed by atoms with Crippen molar-refractivity contribution in [1.82, 2.24) is 10.2 Å². The molecule has 250 valence electrons. The van der Waals surface area contributed by atoms with Crippen LogP contribution in [0.3, 0.4) is 0 Å². The molecule has 0 bridgehead atoms. The molecule has 0 aromatic carbocycles. The maximum absolute atomic E-state index is 12.0. The third-order valence-electron chi connectivity index (χ3n) is 7.48. The summed E-state index contributed by atoms with van der Waals surface area (Å²) in [5.74, 6) is 8.40. The Morgan fingerprint density at radius 3 is 1.52 bits per heavy atom. The minimum atomic E-state index is -1.29. The summed E-state index contributed by atoms with van der Waals surface area (Å²) in [6.07, 6.45) is 22.9. The fraction of sp³-hybridized carbons (Fsp3) is 0.771. The smallest absolute Gasteiger partial charge is 0.320 e. The lowest BCUT2D eigenvalue weighted by atomic mass is 10.1. The molecule has 0 heterocycles. The number of nitrogens with one attached hydrogen (secondary N) is 1. The molecular weight excluding hydrogens is 560 g/mol. The number of rotatable bonds is 29. The van der Waals surface area contributed by atoms with Gasteiger partial charge in [-0.3, -0.25) is 24.1 Å². The molecule has 1 atom stereocenters. The van der Waals surface area contributed by atoms with Gasteiger partial charge in [0.2, 0.25) is 5.91 Å². The lowest BCUT2D eigenvalue weighted by Gasteiger charge is -2.25. The van der Waals surface area contributed by atoms with Gasteiger partial charge in [0, 0.05) is 25.8 Å². The summed E-state index contributed by atoms with van der Waals surface area (Å²) < 4.78 is 0. The SMILES string of the molecule is CCCCCCCCCCCCC#CC#CCCCCCCCCC(=O)NCCCC[C@@H](C(=O)O)N(CC(=O)O)CC(=O)O. The zero-order valence-electron chi connectivity index (χ0n) is 27.2. The molecule has 9 nitrogen and oxygen atoms in total. The van der Waals surface area contributed by atoms with E-state index in [4.69, 9.17) is 10.2 Å².